The van der Waals surface area contributed by atoms with E-state index in [9.17, 15) is 14.4 Å². The lowest BCUT2D eigenvalue weighted by atomic mass is 10.1. The maximum absolute atomic E-state index is 12.9. The monoisotopic (exact) mass is 553 g/mol. The van der Waals surface area contributed by atoms with Crippen molar-refractivity contribution in [3.63, 3.8) is 0 Å². The molecule has 0 aliphatic heterocycles. The number of carbonyl (C=O) groups excluding carboxylic acids is 3. The van der Waals surface area contributed by atoms with Crippen LogP contribution in [0.3, 0.4) is 0 Å². The predicted octanol–water partition coefficient (Wildman–Crippen LogP) is 4.95. The molecular weight excluding hydrogens is 526 g/mol. The molecule has 0 aliphatic rings. The van der Waals surface area contributed by atoms with Gasteiger partial charge in [-0.25, -0.2) is 10.2 Å². The number of hydrazone groups is 1. The van der Waals surface area contributed by atoms with Crippen LogP contribution in [0.25, 0.3) is 0 Å². The van der Waals surface area contributed by atoms with Gasteiger partial charge in [0.25, 0.3) is 11.8 Å². The molecule has 4 aromatic rings. The number of hydrogen-bond acceptors (Lipinski definition) is 8. The Labute approximate surface area is 236 Å². The number of nitrogens with zero attached hydrogens (tertiary/aromatic N) is 1. The lowest BCUT2D eigenvalue weighted by molar-refractivity contribution is 0.0733. The second-order valence-corrected chi connectivity index (χ2v) is 8.44. The number of para-hydroxylation sites is 1. The highest BCUT2D eigenvalue weighted by molar-refractivity contribution is 6.04. The fourth-order valence-electron chi connectivity index (χ4n) is 3.76. The van der Waals surface area contributed by atoms with Crippen LogP contribution in [0, 0.1) is 0 Å². The lowest BCUT2D eigenvalue weighted by Crippen LogP contribution is -2.18. The Balaban J connectivity index is 1.40. The predicted molar refractivity (Wildman–Crippen MR) is 153 cm³/mol. The van der Waals surface area contributed by atoms with Crippen molar-refractivity contribution in [3.05, 3.63) is 113 Å². The number of carbonyl (C=O) groups is 3. The molecule has 0 unspecified atom stereocenters. The minimum absolute atomic E-state index is 0.183. The zero-order chi connectivity index (χ0) is 29.2. The van der Waals surface area contributed by atoms with Gasteiger partial charge in [0, 0.05) is 22.4 Å². The Kier molecular flexibility index (Phi) is 9.29. The normalized spacial score (nSPS) is 10.5. The first kappa shape index (κ1) is 28.4. The van der Waals surface area contributed by atoms with E-state index in [2.05, 4.69) is 15.8 Å². The number of benzene rings is 4. The summed E-state index contributed by atoms with van der Waals surface area (Å²) in [5.41, 5.74) is 4.48. The third-order valence-electron chi connectivity index (χ3n) is 5.83. The molecule has 0 bridgehead atoms. The quantitative estimate of drug-likeness (QED) is 0.123. The summed E-state index contributed by atoms with van der Waals surface area (Å²) in [6, 6.07) is 24.9. The summed E-state index contributed by atoms with van der Waals surface area (Å²) >= 11 is 0. The van der Waals surface area contributed by atoms with Gasteiger partial charge in [-0.3, -0.25) is 9.59 Å². The maximum atomic E-state index is 12.9. The molecule has 0 radical (unpaired) electrons. The molecule has 0 aliphatic carbocycles. The average Bonchev–Trinajstić information content (AvgIpc) is 3.01. The third-order valence-corrected chi connectivity index (χ3v) is 5.83. The average molecular weight is 554 g/mol. The van der Waals surface area contributed by atoms with Crippen LogP contribution >= 0.6 is 0 Å². The van der Waals surface area contributed by atoms with Gasteiger partial charge in [0.1, 0.15) is 5.75 Å². The summed E-state index contributed by atoms with van der Waals surface area (Å²) in [7, 11) is 4.36. The van der Waals surface area contributed by atoms with Crippen molar-refractivity contribution < 1.29 is 33.3 Å². The molecule has 0 spiro atoms. The minimum atomic E-state index is -0.659. The van der Waals surface area contributed by atoms with E-state index in [0.29, 0.717) is 39.6 Å². The highest BCUT2D eigenvalue weighted by Gasteiger charge is 2.19. The Morgan fingerprint density at radius 3 is 1.90 bits per heavy atom. The number of anilines is 1. The van der Waals surface area contributed by atoms with Crippen molar-refractivity contribution in [2.45, 2.75) is 0 Å². The maximum Gasteiger partial charge on any atom is 0.343 e. The topological polar surface area (TPSA) is 125 Å². The van der Waals surface area contributed by atoms with Crippen LogP contribution in [0.5, 0.6) is 23.0 Å². The van der Waals surface area contributed by atoms with Crippen molar-refractivity contribution in [3.8, 4) is 23.0 Å². The second-order valence-electron chi connectivity index (χ2n) is 8.44. The number of rotatable bonds is 10. The molecule has 2 N–H and O–H groups in total. The van der Waals surface area contributed by atoms with Crippen LogP contribution < -0.4 is 29.7 Å². The van der Waals surface area contributed by atoms with E-state index in [0.717, 1.165) is 0 Å². The molecule has 4 aromatic carbocycles. The first-order valence-electron chi connectivity index (χ1n) is 12.3. The number of nitrogens with one attached hydrogen (secondary N) is 2. The molecule has 2 amide bonds. The first-order valence-corrected chi connectivity index (χ1v) is 12.3. The van der Waals surface area contributed by atoms with Crippen LogP contribution in [0.2, 0.25) is 0 Å². The molecule has 0 saturated heterocycles. The number of esters is 1. The van der Waals surface area contributed by atoms with Crippen LogP contribution in [0.4, 0.5) is 5.69 Å². The summed E-state index contributed by atoms with van der Waals surface area (Å²) in [5.74, 6) is -0.185. The number of amides is 2. The number of ether oxygens (including phenoxy) is 4. The zero-order valence-corrected chi connectivity index (χ0v) is 22.5. The standard InChI is InChI=1S/C31H27N3O7/c1-38-26-17-23(18-27(39-2)28(26)40-3)31(37)41-25-12-8-7-11-22(25)19-32-34-30(36)21-13-15-24(16-14-21)33-29(35)20-9-5-4-6-10-20/h4-19H,1-3H3,(H,33,35)(H,34,36)/b32-19-. The molecule has 10 heteroatoms. The van der Waals surface area contributed by atoms with E-state index in [-0.39, 0.29) is 17.2 Å². The van der Waals surface area contributed by atoms with Crippen molar-refractivity contribution in [2.75, 3.05) is 26.6 Å². The third kappa shape index (κ3) is 7.07. The highest BCUT2D eigenvalue weighted by atomic mass is 16.5. The van der Waals surface area contributed by atoms with Gasteiger partial charge in [0.05, 0.1) is 33.1 Å². The molecule has 0 heterocycles. The second kappa shape index (κ2) is 13.4. The van der Waals surface area contributed by atoms with E-state index in [4.69, 9.17) is 18.9 Å². The van der Waals surface area contributed by atoms with Gasteiger partial charge in [-0.05, 0) is 60.7 Å². The van der Waals surface area contributed by atoms with Crippen LogP contribution in [0.1, 0.15) is 36.6 Å². The van der Waals surface area contributed by atoms with Gasteiger partial charge in [-0.15, -0.1) is 0 Å². The largest absolute Gasteiger partial charge is 0.493 e. The van der Waals surface area contributed by atoms with Crippen molar-refractivity contribution in [1.29, 1.82) is 0 Å². The van der Waals surface area contributed by atoms with Gasteiger partial charge in [0.2, 0.25) is 5.75 Å². The van der Waals surface area contributed by atoms with Gasteiger partial charge in [0.15, 0.2) is 11.5 Å². The molecule has 0 atom stereocenters. The lowest BCUT2D eigenvalue weighted by Gasteiger charge is -2.14. The zero-order valence-electron chi connectivity index (χ0n) is 22.5. The summed E-state index contributed by atoms with van der Waals surface area (Å²) in [6.07, 6.45) is 1.37. The molecule has 208 valence electrons. The molecule has 0 fully saturated rings. The fourth-order valence-corrected chi connectivity index (χ4v) is 3.76. The van der Waals surface area contributed by atoms with E-state index < -0.39 is 11.9 Å². The van der Waals surface area contributed by atoms with E-state index in [1.807, 2.05) is 6.07 Å². The summed E-state index contributed by atoms with van der Waals surface area (Å²) in [4.78, 5) is 37.8. The Morgan fingerprint density at radius 1 is 0.659 bits per heavy atom. The van der Waals surface area contributed by atoms with E-state index in [1.165, 1.54) is 39.7 Å². The molecule has 0 saturated carbocycles. The van der Waals surface area contributed by atoms with Crippen LogP contribution in [-0.4, -0.2) is 45.3 Å². The summed E-state index contributed by atoms with van der Waals surface area (Å²) in [5, 5.41) is 6.78. The summed E-state index contributed by atoms with van der Waals surface area (Å²) in [6.45, 7) is 0. The Morgan fingerprint density at radius 2 is 1.27 bits per heavy atom. The summed E-state index contributed by atoms with van der Waals surface area (Å²) < 4.78 is 21.5. The van der Waals surface area contributed by atoms with E-state index >= 15 is 0 Å². The van der Waals surface area contributed by atoms with Crippen molar-refractivity contribution in [2.24, 2.45) is 5.10 Å². The molecule has 0 aromatic heterocycles. The first-order chi connectivity index (χ1) is 19.9. The number of hydrogen-bond donors (Lipinski definition) is 2. The molecule has 41 heavy (non-hydrogen) atoms. The smallest absolute Gasteiger partial charge is 0.343 e. The van der Waals surface area contributed by atoms with Crippen molar-refractivity contribution in [1.82, 2.24) is 5.43 Å². The SMILES string of the molecule is COc1cc(C(=O)Oc2ccccc2/C=N\NC(=O)c2ccc(NC(=O)c3ccccc3)cc2)cc(OC)c1OC. The minimum Gasteiger partial charge on any atom is -0.493 e. The molecular formula is C31H27N3O7. The number of methoxy groups -OCH3 is 3. The van der Waals surface area contributed by atoms with Gasteiger partial charge in [-0.1, -0.05) is 30.3 Å². The van der Waals surface area contributed by atoms with Gasteiger partial charge >= 0.3 is 5.97 Å². The van der Waals surface area contributed by atoms with Crippen molar-refractivity contribution >= 4 is 29.7 Å². The van der Waals surface area contributed by atoms with Crippen LogP contribution in [-0.2, 0) is 0 Å². The van der Waals surface area contributed by atoms with Crippen LogP contribution in [0.15, 0.2) is 96.1 Å². The highest BCUT2D eigenvalue weighted by Crippen LogP contribution is 2.38. The molecule has 4 rings (SSSR count). The molecule has 10 nitrogen and oxygen atoms in total. The Hall–Kier alpha value is -5.64. The Bertz CT molecular complexity index is 1540. The fraction of sp³-hybridized carbons (Fsp3) is 0.0968. The van der Waals surface area contributed by atoms with Gasteiger partial charge < -0.3 is 24.3 Å². The van der Waals surface area contributed by atoms with Gasteiger partial charge in [-0.2, -0.15) is 5.10 Å². The van der Waals surface area contributed by atoms with E-state index in [1.54, 1.807) is 72.8 Å².